The Morgan fingerprint density at radius 1 is 1.17 bits per heavy atom. The van der Waals surface area contributed by atoms with E-state index >= 15 is 0 Å². The molecule has 1 aromatic carbocycles. The molecule has 0 radical (unpaired) electrons. The van der Waals surface area contributed by atoms with Crippen LogP contribution in [0.3, 0.4) is 0 Å². The first-order chi connectivity index (χ1) is 8.81. The minimum Gasteiger partial charge on any atom is -0.507 e. The first-order valence-electron chi connectivity index (χ1n) is 5.74. The Kier molecular flexibility index (Phi) is 4.09. The van der Waals surface area contributed by atoms with Crippen LogP contribution < -0.4 is 10.5 Å². The van der Waals surface area contributed by atoms with E-state index < -0.39 is 0 Å². The monoisotopic (exact) mass is 245 g/mol. The highest BCUT2D eigenvalue weighted by Crippen LogP contribution is 2.25. The predicted molar refractivity (Wildman–Crippen MR) is 68.3 cm³/mol. The van der Waals surface area contributed by atoms with Gasteiger partial charge in [-0.05, 0) is 25.1 Å². The van der Waals surface area contributed by atoms with E-state index in [0.717, 1.165) is 6.42 Å². The van der Waals surface area contributed by atoms with E-state index in [9.17, 15) is 5.11 Å². The van der Waals surface area contributed by atoms with Gasteiger partial charge in [0.2, 0.25) is 0 Å². The summed E-state index contributed by atoms with van der Waals surface area (Å²) in [5, 5.41) is 9.68. The number of nitrogens with zero attached hydrogens (tertiary/aromatic N) is 2. The highest BCUT2D eigenvalue weighted by atomic mass is 16.5. The lowest BCUT2D eigenvalue weighted by Crippen LogP contribution is -2.06. The molecule has 18 heavy (non-hydrogen) atoms. The number of benzene rings is 1. The van der Waals surface area contributed by atoms with Crippen molar-refractivity contribution in [2.45, 2.75) is 6.42 Å². The molecule has 0 aliphatic carbocycles. The summed E-state index contributed by atoms with van der Waals surface area (Å²) in [6.07, 6.45) is 3.97. The summed E-state index contributed by atoms with van der Waals surface area (Å²) in [5.41, 5.74) is 5.97. The van der Waals surface area contributed by atoms with Crippen LogP contribution in [-0.4, -0.2) is 28.2 Å². The maximum Gasteiger partial charge on any atom is 0.163 e. The Hall–Kier alpha value is -2.14. The normalized spacial score (nSPS) is 10.3. The standard InChI is InChI=1S/C13H15N3O2/c14-6-3-7-18-10-8-15-13(16-9-10)11-4-1-2-5-12(11)17/h1-2,4-5,8-9,17H,3,6-7,14H2. The van der Waals surface area contributed by atoms with Gasteiger partial charge in [-0.25, -0.2) is 9.97 Å². The van der Waals surface area contributed by atoms with Gasteiger partial charge in [-0.1, -0.05) is 12.1 Å². The van der Waals surface area contributed by atoms with Gasteiger partial charge in [0, 0.05) is 0 Å². The molecular formula is C13H15N3O2. The van der Waals surface area contributed by atoms with Crippen LogP contribution in [0.1, 0.15) is 6.42 Å². The van der Waals surface area contributed by atoms with Gasteiger partial charge in [0.05, 0.1) is 24.6 Å². The second-order valence-corrected chi connectivity index (χ2v) is 3.75. The average molecular weight is 245 g/mol. The molecule has 0 saturated carbocycles. The van der Waals surface area contributed by atoms with E-state index in [2.05, 4.69) is 9.97 Å². The minimum absolute atomic E-state index is 0.161. The lowest BCUT2D eigenvalue weighted by molar-refractivity contribution is 0.311. The molecule has 2 rings (SSSR count). The first-order valence-corrected chi connectivity index (χ1v) is 5.74. The van der Waals surface area contributed by atoms with Crippen LogP contribution >= 0.6 is 0 Å². The lowest BCUT2D eigenvalue weighted by atomic mass is 10.2. The zero-order chi connectivity index (χ0) is 12.8. The molecule has 0 unspecified atom stereocenters. The van der Waals surface area contributed by atoms with Gasteiger partial charge in [0.1, 0.15) is 5.75 Å². The van der Waals surface area contributed by atoms with E-state index in [4.69, 9.17) is 10.5 Å². The van der Waals surface area contributed by atoms with Crippen LogP contribution in [0.5, 0.6) is 11.5 Å². The van der Waals surface area contributed by atoms with Crippen LogP contribution in [-0.2, 0) is 0 Å². The Balaban J connectivity index is 2.10. The highest BCUT2D eigenvalue weighted by Gasteiger charge is 2.06. The zero-order valence-electron chi connectivity index (χ0n) is 9.91. The number of hydrogen-bond acceptors (Lipinski definition) is 5. The van der Waals surface area contributed by atoms with Crippen LogP contribution in [0.15, 0.2) is 36.7 Å². The molecule has 94 valence electrons. The van der Waals surface area contributed by atoms with Gasteiger partial charge in [-0.3, -0.25) is 0 Å². The molecule has 0 amide bonds. The molecule has 1 heterocycles. The van der Waals surface area contributed by atoms with Crippen LogP contribution in [0.4, 0.5) is 0 Å². The number of hydrogen-bond donors (Lipinski definition) is 2. The number of nitrogens with two attached hydrogens (primary N) is 1. The molecule has 5 heteroatoms. The largest absolute Gasteiger partial charge is 0.507 e. The second kappa shape index (κ2) is 5.97. The van der Waals surface area contributed by atoms with Crippen molar-refractivity contribution in [1.82, 2.24) is 9.97 Å². The number of para-hydroxylation sites is 1. The summed E-state index contributed by atoms with van der Waals surface area (Å²) >= 11 is 0. The van der Waals surface area contributed by atoms with Crippen LogP contribution in [0, 0.1) is 0 Å². The van der Waals surface area contributed by atoms with E-state index in [1.54, 1.807) is 30.6 Å². The minimum atomic E-state index is 0.161. The molecule has 0 spiro atoms. The van der Waals surface area contributed by atoms with E-state index in [-0.39, 0.29) is 5.75 Å². The number of ether oxygens (including phenoxy) is 1. The van der Waals surface area contributed by atoms with Crippen molar-refractivity contribution >= 4 is 0 Å². The summed E-state index contributed by atoms with van der Waals surface area (Å²) in [6.45, 7) is 1.15. The van der Waals surface area contributed by atoms with Gasteiger partial charge in [0.25, 0.3) is 0 Å². The molecule has 0 aliphatic rings. The van der Waals surface area contributed by atoms with E-state index in [0.29, 0.717) is 30.3 Å². The summed E-state index contributed by atoms with van der Waals surface area (Å²) < 4.78 is 5.40. The smallest absolute Gasteiger partial charge is 0.163 e. The van der Waals surface area contributed by atoms with Crippen molar-refractivity contribution in [3.8, 4) is 22.9 Å². The molecule has 0 fully saturated rings. The molecule has 0 saturated heterocycles. The number of aromatic nitrogens is 2. The number of phenolic OH excluding ortho intramolecular Hbond substituents is 1. The van der Waals surface area contributed by atoms with E-state index in [1.807, 2.05) is 6.07 Å². The summed E-state index contributed by atoms with van der Waals surface area (Å²) in [6, 6.07) is 6.94. The Bertz CT molecular complexity index is 500. The summed E-state index contributed by atoms with van der Waals surface area (Å²) in [7, 11) is 0. The number of aromatic hydroxyl groups is 1. The van der Waals surface area contributed by atoms with E-state index in [1.165, 1.54) is 0 Å². The average Bonchev–Trinajstić information content (AvgIpc) is 2.41. The Labute approximate surface area is 105 Å². The molecule has 3 N–H and O–H groups in total. The van der Waals surface area contributed by atoms with Gasteiger partial charge in [-0.15, -0.1) is 0 Å². The van der Waals surface area contributed by atoms with Crippen molar-refractivity contribution < 1.29 is 9.84 Å². The van der Waals surface area contributed by atoms with Crippen LogP contribution in [0.2, 0.25) is 0 Å². The van der Waals surface area contributed by atoms with Gasteiger partial charge < -0.3 is 15.6 Å². The van der Waals surface area contributed by atoms with Crippen molar-refractivity contribution in [1.29, 1.82) is 0 Å². The SMILES string of the molecule is NCCCOc1cnc(-c2ccccc2O)nc1. The van der Waals surface area contributed by atoms with Crippen LogP contribution in [0.25, 0.3) is 11.4 Å². The fourth-order valence-corrected chi connectivity index (χ4v) is 1.47. The van der Waals surface area contributed by atoms with Crippen molar-refractivity contribution in [2.75, 3.05) is 13.2 Å². The fraction of sp³-hybridized carbons (Fsp3) is 0.231. The third-order valence-electron chi connectivity index (χ3n) is 2.39. The molecule has 1 aromatic heterocycles. The quantitative estimate of drug-likeness (QED) is 0.781. The molecule has 5 nitrogen and oxygen atoms in total. The third-order valence-corrected chi connectivity index (χ3v) is 2.39. The Morgan fingerprint density at radius 2 is 1.89 bits per heavy atom. The van der Waals surface area contributed by atoms with Crippen molar-refractivity contribution in [3.63, 3.8) is 0 Å². The maximum absolute atomic E-state index is 9.68. The lowest BCUT2D eigenvalue weighted by Gasteiger charge is -2.06. The topological polar surface area (TPSA) is 81.3 Å². The molecule has 2 aromatic rings. The fourth-order valence-electron chi connectivity index (χ4n) is 1.47. The third kappa shape index (κ3) is 2.95. The zero-order valence-corrected chi connectivity index (χ0v) is 9.91. The molecular weight excluding hydrogens is 230 g/mol. The van der Waals surface area contributed by atoms with Gasteiger partial charge >= 0.3 is 0 Å². The molecule has 0 atom stereocenters. The van der Waals surface area contributed by atoms with Crippen molar-refractivity contribution in [3.05, 3.63) is 36.7 Å². The number of rotatable bonds is 5. The number of phenols is 1. The first kappa shape index (κ1) is 12.3. The molecule has 0 aliphatic heterocycles. The van der Waals surface area contributed by atoms with Gasteiger partial charge in [0.15, 0.2) is 11.6 Å². The summed E-state index contributed by atoms with van der Waals surface area (Å²) in [5.74, 6) is 1.23. The molecule has 0 bridgehead atoms. The summed E-state index contributed by atoms with van der Waals surface area (Å²) in [4.78, 5) is 8.32. The Morgan fingerprint density at radius 3 is 2.56 bits per heavy atom. The van der Waals surface area contributed by atoms with Crippen molar-refractivity contribution in [2.24, 2.45) is 5.73 Å². The highest BCUT2D eigenvalue weighted by molar-refractivity contribution is 5.63. The second-order valence-electron chi connectivity index (χ2n) is 3.75. The predicted octanol–water partition coefficient (Wildman–Crippen LogP) is 1.58. The maximum atomic E-state index is 9.68. The van der Waals surface area contributed by atoms with Gasteiger partial charge in [-0.2, -0.15) is 0 Å².